The van der Waals surface area contributed by atoms with Crippen molar-refractivity contribution in [2.75, 3.05) is 33.3 Å². The molecule has 0 bridgehead atoms. The fraction of sp³-hybridized carbons (Fsp3) is 0.550. The Labute approximate surface area is 164 Å². The summed E-state index contributed by atoms with van der Waals surface area (Å²) in [7, 11) is -1.63. The molecule has 2 aliphatic rings. The van der Waals surface area contributed by atoms with Gasteiger partial charge in [-0.3, -0.25) is 0 Å². The SMILES string of the molecule is CN1CCC(N(CC2CCCO2)S(=O)(=O)c2ccc3oc(=O)ccc3c2)CC1. The van der Waals surface area contributed by atoms with Crippen LogP contribution in [0, 0.1) is 0 Å². The van der Waals surface area contributed by atoms with E-state index in [2.05, 4.69) is 11.9 Å². The molecule has 2 aromatic rings. The fourth-order valence-electron chi connectivity index (χ4n) is 4.06. The van der Waals surface area contributed by atoms with Crippen LogP contribution in [0.15, 0.2) is 44.4 Å². The van der Waals surface area contributed by atoms with E-state index < -0.39 is 15.6 Å². The molecule has 1 unspecified atom stereocenters. The number of fused-ring (bicyclic) bond motifs is 1. The topological polar surface area (TPSA) is 80.1 Å². The van der Waals surface area contributed by atoms with Crippen molar-refractivity contribution < 1.29 is 17.6 Å². The molecule has 152 valence electrons. The predicted octanol–water partition coefficient (Wildman–Crippen LogP) is 2.06. The van der Waals surface area contributed by atoms with Crippen LogP contribution in [0.3, 0.4) is 0 Å². The van der Waals surface area contributed by atoms with Crippen molar-refractivity contribution in [2.24, 2.45) is 0 Å². The van der Waals surface area contributed by atoms with Gasteiger partial charge in [0.1, 0.15) is 5.58 Å². The molecule has 2 fully saturated rings. The second kappa shape index (κ2) is 7.94. The van der Waals surface area contributed by atoms with Crippen molar-refractivity contribution in [3.8, 4) is 0 Å². The molecule has 0 radical (unpaired) electrons. The van der Waals surface area contributed by atoms with Gasteiger partial charge in [-0.25, -0.2) is 13.2 Å². The number of ether oxygens (including phenoxy) is 1. The number of hydrogen-bond donors (Lipinski definition) is 0. The Kier molecular flexibility index (Phi) is 5.55. The van der Waals surface area contributed by atoms with Crippen molar-refractivity contribution in [3.05, 3.63) is 40.8 Å². The largest absolute Gasteiger partial charge is 0.423 e. The van der Waals surface area contributed by atoms with Crippen LogP contribution in [-0.4, -0.2) is 63.1 Å². The number of nitrogens with zero attached hydrogens (tertiary/aromatic N) is 2. The maximum absolute atomic E-state index is 13.6. The summed E-state index contributed by atoms with van der Waals surface area (Å²) in [6, 6.07) is 7.54. The zero-order chi connectivity index (χ0) is 19.7. The lowest BCUT2D eigenvalue weighted by Crippen LogP contribution is -2.49. The molecule has 0 saturated carbocycles. The first-order chi connectivity index (χ1) is 13.4. The predicted molar refractivity (Wildman–Crippen MR) is 106 cm³/mol. The molecule has 8 heteroatoms. The Hall–Kier alpha value is -1.74. The Balaban J connectivity index is 1.68. The molecule has 2 saturated heterocycles. The van der Waals surface area contributed by atoms with Crippen molar-refractivity contribution in [3.63, 3.8) is 0 Å². The van der Waals surface area contributed by atoms with Gasteiger partial charge in [-0.1, -0.05) is 0 Å². The summed E-state index contributed by atoms with van der Waals surface area (Å²) in [6.45, 7) is 2.84. The summed E-state index contributed by atoms with van der Waals surface area (Å²) in [5.41, 5.74) is -0.0640. The van der Waals surface area contributed by atoms with Crippen LogP contribution in [0.1, 0.15) is 25.7 Å². The quantitative estimate of drug-likeness (QED) is 0.707. The molecule has 1 aromatic carbocycles. The summed E-state index contributed by atoms with van der Waals surface area (Å²) in [6.07, 6.45) is 3.44. The minimum Gasteiger partial charge on any atom is -0.423 e. The maximum Gasteiger partial charge on any atom is 0.336 e. The normalized spacial score (nSPS) is 22.3. The van der Waals surface area contributed by atoms with Crippen LogP contribution in [0.25, 0.3) is 11.0 Å². The Morgan fingerprint density at radius 3 is 2.64 bits per heavy atom. The Morgan fingerprint density at radius 1 is 1.14 bits per heavy atom. The number of rotatable bonds is 5. The van der Waals surface area contributed by atoms with Gasteiger partial charge in [-0.15, -0.1) is 0 Å². The highest BCUT2D eigenvalue weighted by atomic mass is 32.2. The first-order valence-electron chi connectivity index (χ1n) is 9.79. The molecule has 1 atom stereocenters. The molecule has 1 aromatic heterocycles. The first-order valence-corrected chi connectivity index (χ1v) is 11.2. The zero-order valence-electron chi connectivity index (χ0n) is 16.0. The van der Waals surface area contributed by atoms with Crippen LogP contribution in [0.2, 0.25) is 0 Å². The Morgan fingerprint density at radius 2 is 1.93 bits per heavy atom. The summed E-state index contributed by atoms with van der Waals surface area (Å²) in [5.74, 6) is 0. The van der Waals surface area contributed by atoms with Crippen molar-refractivity contribution in [1.29, 1.82) is 0 Å². The van der Waals surface area contributed by atoms with Crippen LogP contribution >= 0.6 is 0 Å². The van der Waals surface area contributed by atoms with Gasteiger partial charge in [-0.05, 0) is 70.1 Å². The highest BCUT2D eigenvalue weighted by molar-refractivity contribution is 7.89. The highest BCUT2D eigenvalue weighted by Gasteiger charge is 2.36. The lowest BCUT2D eigenvalue weighted by molar-refractivity contribution is 0.0760. The summed E-state index contributed by atoms with van der Waals surface area (Å²) in [5, 5.41) is 0.598. The number of likely N-dealkylation sites (tertiary alicyclic amines) is 1. The first kappa shape index (κ1) is 19.6. The molecule has 2 aliphatic heterocycles. The van der Waals surface area contributed by atoms with Gasteiger partial charge in [0.05, 0.1) is 11.0 Å². The van der Waals surface area contributed by atoms with E-state index in [0.29, 0.717) is 24.1 Å². The summed E-state index contributed by atoms with van der Waals surface area (Å²) in [4.78, 5) is 13.8. The van der Waals surface area contributed by atoms with Crippen LogP contribution in [0.4, 0.5) is 0 Å². The maximum atomic E-state index is 13.6. The van der Waals surface area contributed by atoms with Gasteiger partial charge in [-0.2, -0.15) is 4.31 Å². The molecule has 0 amide bonds. The molecular weight excluding hydrogens is 380 g/mol. The lowest BCUT2D eigenvalue weighted by atomic mass is 10.1. The van der Waals surface area contributed by atoms with Gasteiger partial charge >= 0.3 is 5.63 Å². The third kappa shape index (κ3) is 4.00. The molecule has 4 rings (SSSR count). The van der Waals surface area contributed by atoms with Crippen molar-refractivity contribution >= 4 is 21.0 Å². The third-order valence-electron chi connectivity index (χ3n) is 5.70. The van der Waals surface area contributed by atoms with Crippen molar-refractivity contribution in [1.82, 2.24) is 9.21 Å². The molecule has 3 heterocycles. The standard InChI is InChI=1S/C20H26N2O5S/c1-21-10-8-16(9-11-21)22(14-17-3-2-12-26-17)28(24,25)18-5-6-19-15(13-18)4-7-20(23)27-19/h4-7,13,16-17H,2-3,8-12,14H2,1H3. The summed E-state index contributed by atoms with van der Waals surface area (Å²) < 4.78 is 39.7. The van der Waals surface area contributed by atoms with E-state index in [1.165, 1.54) is 12.1 Å². The van der Waals surface area contributed by atoms with Crippen molar-refractivity contribution in [2.45, 2.75) is 42.7 Å². The minimum atomic E-state index is -3.69. The van der Waals surface area contributed by atoms with E-state index >= 15 is 0 Å². The van der Waals surface area contributed by atoms with E-state index in [0.717, 1.165) is 38.8 Å². The molecule has 0 aliphatic carbocycles. The van der Waals surface area contributed by atoms with Crippen LogP contribution in [0.5, 0.6) is 0 Å². The lowest BCUT2D eigenvalue weighted by Gasteiger charge is -2.37. The summed E-state index contributed by atoms with van der Waals surface area (Å²) >= 11 is 0. The highest BCUT2D eigenvalue weighted by Crippen LogP contribution is 2.28. The minimum absolute atomic E-state index is 0.0326. The van der Waals surface area contributed by atoms with Gasteiger partial charge in [0.2, 0.25) is 10.0 Å². The van der Waals surface area contributed by atoms with E-state index in [1.54, 1.807) is 22.5 Å². The smallest absolute Gasteiger partial charge is 0.336 e. The Bertz CT molecular complexity index is 989. The fourth-order valence-corrected chi connectivity index (χ4v) is 5.81. The van der Waals surface area contributed by atoms with Gasteiger partial charge < -0.3 is 14.1 Å². The second-order valence-electron chi connectivity index (χ2n) is 7.70. The van der Waals surface area contributed by atoms with Gasteiger partial charge in [0.15, 0.2) is 0 Å². The molecule has 0 spiro atoms. The van der Waals surface area contributed by atoms with E-state index in [-0.39, 0.29) is 17.0 Å². The van der Waals surface area contributed by atoms with E-state index in [9.17, 15) is 13.2 Å². The average Bonchev–Trinajstić information content (AvgIpc) is 3.20. The zero-order valence-corrected chi connectivity index (χ0v) is 16.9. The van der Waals surface area contributed by atoms with Gasteiger partial charge in [0.25, 0.3) is 0 Å². The molecule has 0 N–H and O–H groups in total. The molecular formula is C20H26N2O5S. The number of benzene rings is 1. The number of piperidine rings is 1. The molecule has 7 nitrogen and oxygen atoms in total. The molecule has 28 heavy (non-hydrogen) atoms. The number of hydrogen-bond acceptors (Lipinski definition) is 6. The van der Waals surface area contributed by atoms with E-state index in [1.807, 2.05) is 0 Å². The van der Waals surface area contributed by atoms with E-state index in [4.69, 9.17) is 9.15 Å². The van der Waals surface area contributed by atoms with Crippen LogP contribution in [-0.2, 0) is 14.8 Å². The average molecular weight is 407 g/mol. The number of sulfonamides is 1. The second-order valence-corrected chi connectivity index (χ2v) is 9.59. The monoisotopic (exact) mass is 406 g/mol. The van der Waals surface area contributed by atoms with Crippen LogP contribution < -0.4 is 5.63 Å². The van der Waals surface area contributed by atoms with Gasteiger partial charge in [0, 0.05) is 30.6 Å². The third-order valence-corrected chi connectivity index (χ3v) is 7.61.